The Labute approximate surface area is 268 Å². The number of hydrogen-bond donors (Lipinski definition) is 2. The number of amides is 4. The highest BCUT2D eigenvalue weighted by Crippen LogP contribution is 2.34. The van der Waals surface area contributed by atoms with Crippen LogP contribution in [0.4, 0.5) is 11.4 Å². The Morgan fingerprint density at radius 1 is 0.867 bits per heavy atom. The summed E-state index contributed by atoms with van der Waals surface area (Å²) in [6.45, 7) is 0. The van der Waals surface area contributed by atoms with Crippen molar-refractivity contribution in [1.29, 1.82) is 0 Å². The number of benzene rings is 4. The molecular formula is C34H26ClN3O6S. The van der Waals surface area contributed by atoms with Gasteiger partial charge in [0.2, 0.25) is 11.8 Å². The topological polar surface area (TPSA) is 122 Å². The first kappa shape index (κ1) is 31.2. The second-order valence-corrected chi connectivity index (χ2v) is 11.5. The summed E-state index contributed by atoms with van der Waals surface area (Å²) >= 11 is 7.23. The number of nitrogens with zero attached hydrogens (tertiary/aromatic N) is 1. The fourth-order valence-electron chi connectivity index (χ4n) is 4.48. The van der Waals surface area contributed by atoms with Crippen molar-refractivity contribution in [2.45, 2.75) is 16.6 Å². The van der Waals surface area contributed by atoms with Gasteiger partial charge in [-0.3, -0.25) is 19.2 Å². The minimum atomic E-state index is -0.639. The van der Waals surface area contributed by atoms with Crippen LogP contribution in [0.1, 0.15) is 32.7 Å². The Bertz CT molecular complexity index is 1780. The van der Waals surface area contributed by atoms with Gasteiger partial charge in [-0.25, -0.2) is 9.69 Å². The van der Waals surface area contributed by atoms with E-state index in [4.69, 9.17) is 16.3 Å². The zero-order valence-electron chi connectivity index (χ0n) is 23.9. The second-order valence-electron chi connectivity index (χ2n) is 9.82. The molecule has 11 heteroatoms. The minimum absolute atomic E-state index is 0.0146. The molecule has 0 aliphatic carbocycles. The largest absolute Gasteiger partial charge is 0.465 e. The summed E-state index contributed by atoms with van der Waals surface area (Å²) in [4.78, 5) is 65.6. The highest BCUT2D eigenvalue weighted by molar-refractivity contribution is 8.00. The number of esters is 1. The maximum absolute atomic E-state index is 13.3. The lowest BCUT2D eigenvalue weighted by Crippen LogP contribution is -2.31. The van der Waals surface area contributed by atoms with Gasteiger partial charge in [-0.05, 0) is 84.4 Å². The van der Waals surface area contributed by atoms with Crippen LogP contribution in [0.3, 0.4) is 0 Å². The molecule has 1 atom stereocenters. The van der Waals surface area contributed by atoms with E-state index in [-0.39, 0.29) is 23.9 Å². The van der Waals surface area contributed by atoms with Crippen molar-refractivity contribution in [2.24, 2.45) is 0 Å². The molecule has 9 nitrogen and oxygen atoms in total. The Morgan fingerprint density at radius 3 is 2.18 bits per heavy atom. The van der Waals surface area contributed by atoms with Crippen LogP contribution in [0.5, 0.6) is 0 Å². The molecule has 0 radical (unpaired) electrons. The van der Waals surface area contributed by atoms with Gasteiger partial charge in [-0.15, -0.1) is 11.8 Å². The molecule has 0 aromatic heterocycles. The summed E-state index contributed by atoms with van der Waals surface area (Å²) < 4.78 is 4.69. The van der Waals surface area contributed by atoms with Gasteiger partial charge in [0, 0.05) is 27.6 Å². The minimum Gasteiger partial charge on any atom is -0.465 e. The lowest BCUT2D eigenvalue weighted by molar-refractivity contribution is -0.121. The van der Waals surface area contributed by atoms with Gasteiger partial charge in [0.25, 0.3) is 11.8 Å². The smallest absolute Gasteiger partial charge is 0.337 e. The first-order valence-corrected chi connectivity index (χ1v) is 14.9. The van der Waals surface area contributed by atoms with E-state index in [0.29, 0.717) is 33.1 Å². The van der Waals surface area contributed by atoms with Gasteiger partial charge in [0.1, 0.15) is 5.70 Å². The molecule has 1 saturated heterocycles. The molecule has 1 heterocycles. The number of halogens is 1. The maximum Gasteiger partial charge on any atom is 0.337 e. The van der Waals surface area contributed by atoms with Gasteiger partial charge >= 0.3 is 5.97 Å². The summed E-state index contributed by atoms with van der Waals surface area (Å²) in [6, 6.07) is 28.2. The average molecular weight is 640 g/mol. The first-order valence-electron chi connectivity index (χ1n) is 13.7. The quantitative estimate of drug-likeness (QED) is 0.132. The Balaban J connectivity index is 1.26. The lowest BCUT2D eigenvalue weighted by atomic mass is 10.1. The van der Waals surface area contributed by atoms with Gasteiger partial charge in [-0.2, -0.15) is 0 Å². The summed E-state index contributed by atoms with van der Waals surface area (Å²) in [5.74, 6) is -2.20. The van der Waals surface area contributed by atoms with Crippen molar-refractivity contribution in [2.75, 3.05) is 17.3 Å². The van der Waals surface area contributed by atoms with Crippen LogP contribution in [-0.4, -0.2) is 42.0 Å². The molecule has 1 aliphatic heterocycles. The molecule has 4 aromatic rings. The van der Waals surface area contributed by atoms with Crippen molar-refractivity contribution >= 4 is 70.4 Å². The molecule has 1 aliphatic rings. The molecule has 226 valence electrons. The fourth-order valence-corrected chi connectivity index (χ4v) is 5.66. The van der Waals surface area contributed by atoms with E-state index >= 15 is 0 Å². The summed E-state index contributed by atoms with van der Waals surface area (Å²) in [7, 11) is 1.27. The van der Waals surface area contributed by atoms with E-state index in [9.17, 15) is 24.0 Å². The monoisotopic (exact) mass is 639 g/mol. The van der Waals surface area contributed by atoms with Crippen LogP contribution < -0.4 is 15.5 Å². The number of imide groups is 1. The number of nitrogens with one attached hydrogen (secondary N) is 2. The number of thioether (sulfide) groups is 1. The SMILES string of the molecule is COC(=O)c1ccc(N2C(=O)CC(Sc3ccc(NC(=O)/C(=C/c4ccc(Cl)cc4)NC(=O)c4ccccc4)cc3)C2=O)cc1. The van der Waals surface area contributed by atoms with E-state index in [0.717, 1.165) is 9.80 Å². The molecule has 0 bridgehead atoms. The van der Waals surface area contributed by atoms with Crippen LogP contribution in [0.2, 0.25) is 5.02 Å². The van der Waals surface area contributed by atoms with Crippen LogP contribution in [0.25, 0.3) is 6.08 Å². The van der Waals surface area contributed by atoms with Gasteiger partial charge < -0.3 is 15.4 Å². The van der Waals surface area contributed by atoms with Crippen molar-refractivity contribution in [3.8, 4) is 0 Å². The molecule has 45 heavy (non-hydrogen) atoms. The summed E-state index contributed by atoms with van der Waals surface area (Å²) in [5, 5.41) is 5.38. The third-order valence-corrected chi connectivity index (χ3v) is 8.20. The molecule has 0 spiro atoms. The maximum atomic E-state index is 13.3. The summed E-state index contributed by atoms with van der Waals surface area (Å²) in [6.07, 6.45) is 1.56. The highest BCUT2D eigenvalue weighted by atomic mass is 35.5. The Morgan fingerprint density at radius 2 is 1.53 bits per heavy atom. The Hall–Kier alpha value is -5.19. The van der Waals surface area contributed by atoms with E-state index in [1.807, 2.05) is 0 Å². The van der Waals surface area contributed by atoms with E-state index in [2.05, 4.69) is 10.6 Å². The molecule has 1 fully saturated rings. The third-order valence-electron chi connectivity index (χ3n) is 6.75. The molecule has 0 saturated carbocycles. The standard InChI is InChI=1S/C34H26ClN3O6S/c1-44-34(43)23-9-15-26(16-10-23)38-30(39)20-29(33(38)42)45-27-17-13-25(14-18-27)36-32(41)28(19-21-7-11-24(35)12-8-21)37-31(40)22-5-3-2-4-6-22/h2-19,29H,20H2,1H3,(H,36,41)(H,37,40)/b28-19-. The number of methoxy groups -OCH3 is 1. The van der Waals surface area contributed by atoms with Crippen molar-refractivity contribution < 1.29 is 28.7 Å². The molecular weight excluding hydrogens is 614 g/mol. The normalized spacial score (nSPS) is 14.7. The fraction of sp³-hybridized carbons (Fsp3) is 0.0882. The van der Waals surface area contributed by atoms with E-state index in [1.165, 1.54) is 43.1 Å². The molecule has 4 amide bonds. The predicted octanol–water partition coefficient (Wildman–Crippen LogP) is 5.96. The van der Waals surface area contributed by atoms with E-state index < -0.39 is 23.0 Å². The number of hydrogen-bond acceptors (Lipinski definition) is 7. The lowest BCUT2D eigenvalue weighted by Gasteiger charge is -2.15. The Kier molecular flexibility index (Phi) is 9.76. The van der Waals surface area contributed by atoms with Crippen LogP contribution in [-0.2, 0) is 19.1 Å². The zero-order valence-corrected chi connectivity index (χ0v) is 25.4. The second kappa shape index (κ2) is 14.1. The number of rotatable bonds is 9. The van der Waals surface area contributed by atoms with Gasteiger partial charge in [0.15, 0.2) is 0 Å². The van der Waals surface area contributed by atoms with Crippen LogP contribution in [0, 0.1) is 0 Å². The van der Waals surface area contributed by atoms with E-state index in [1.54, 1.807) is 84.9 Å². The third kappa shape index (κ3) is 7.67. The highest BCUT2D eigenvalue weighted by Gasteiger charge is 2.40. The van der Waals surface area contributed by atoms with Gasteiger partial charge in [0.05, 0.1) is 23.6 Å². The van der Waals surface area contributed by atoms with Crippen molar-refractivity contribution in [1.82, 2.24) is 5.32 Å². The predicted molar refractivity (Wildman–Crippen MR) is 173 cm³/mol. The van der Waals surface area contributed by atoms with Crippen molar-refractivity contribution in [3.63, 3.8) is 0 Å². The first-order chi connectivity index (χ1) is 21.7. The number of anilines is 2. The number of ether oxygens (including phenoxy) is 1. The molecule has 4 aromatic carbocycles. The van der Waals surface area contributed by atoms with Crippen LogP contribution >= 0.6 is 23.4 Å². The van der Waals surface area contributed by atoms with Crippen molar-refractivity contribution in [3.05, 3.63) is 131 Å². The van der Waals surface area contributed by atoms with Gasteiger partial charge in [-0.1, -0.05) is 41.9 Å². The molecule has 1 unspecified atom stereocenters. The molecule has 5 rings (SSSR count). The number of carbonyl (C=O) groups excluding carboxylic acids is 5. The average Bonchev–Trinajstić information content (AvgIpc) is 3.34. The van der Waals surface area contributed by atoms with Crippen LogP contribution in [0.15, 0.2) is 114 Å². The zero-order chi connectivity index (χ0) is 31.9. The number of carbonyl (C=O) groups is 5. The molecule has 2 N–H and O–H groups in total. The summed E-state index contributed by atoms with van der Waals surface area (Å²) in [5.41, 5.74) is 2.23.